The first-order valence-corrected chi connectivity index (χ1v) is 23.5. The van der Waals surface area contributed by atoms with Crippen LogP contribution in [-0.4, -0.2) is 119 Å². The van der Waals surface area contributed by atoms with Gasteiger partial charge in [0.1, 0.15) is 23.8 Å². The first-order valence-electron chi connectivity index (χ1n) is 23.0. The van der Waals surface area contributed by atoms with Crippen molar-refractivity contribution in [3.05, 3.63) is 77.4 Å². The number of likely N-dealkylation sites (tertiary alicyclic amines) is 1. The normalized spacial score (nSPS) is 15.2. The second kappa shape index (κ2) is 26.0. The van der Waals surface area contributed by atoms with E-state index in [0.717, 1.165) is 29.7 Å². The third-order valence-electron chi connectivity index (χ3n) is 12.0. The largest absolute Gasteiger partial charge is 0.493 e. The summed E-state index contributed by atoms with van der Waals surface area (Å²) in [5, 5.41) is 5.65. The molecule has 0 saturated carbocycles. The molecule has 2 aliphatic rings. The highest BCUT2D eigenvalue weighted by Gasteiger charge is 2.41. The van der Waals surface area contributed by atoms with Crippen molar-refractivity contribution in [2.45, 2.75) is 90.7 Å². The van der Waals surface area contributed by atoms with Gasteiger partial charge in [-0.05, 0) is 111 Å². The summed E-state index contributed by atoms with van der Waals surface area (Å²) in [5.41, 5.74) is 3.00. The van der Waals surface area contributed by atoms with Crippen molar-refractivity contribution in [3.63, 3.8) is 0 Å². The van der Waals surface area contributed by atoms with Crippen LogP contribution >= 0.6 is 11.6 Å². The van der Waals surface area contributed by atoms with Crippen LogP contribution in [0, 0.1) is 5.41 Å². The van der Waals surface area contributed by atoms with Crippen molar-refractivity contribution in [1.29, 1.82) is 0 Å². The van der Waals surface area contributed by atoms with Crippen LogP contribution in [0.15, 0.2) is 60.7 Å². The summed E-state index contributed by atoms with van der Waals surface area (Å²) in [7, 11) is 3.12. The van der Waals surface area contributed by atoms with Gasteiger partial charge in [-0.3, -0.25) is 24.0 Å². The lowest BCUT2D eigenvalue weighted by molar-refractivity contribution is -0.164. The molecule has 0 radical (unpaired) electrons. The number of fused-ring (bicyclic) bond motifs is 1. The number of Topliss-reactive ketones (excluding diaryl/α,β-unsaturated/α-hetero) is 1. The molecule has 16 nitrogen and oxygen atoms in total. The topological polar surface area (TPSA) is 188 Å². The van der Waals surface area contributed by atoms with Gasteiger partial charge in [0, 0.05) is 36.4 Å². The Morgan fingerprint density at radius 1 is 0.851 bits per heavy atom. The molecular weight excluding hydrogens is 884 g/mol. The predicted octanol–water partition coefficient (Wildman–Crippen LogP) is 6.38. The van der Waals surface area contributed by atoms with E-state index in [1.165, 1.54) is 4.90 Å². The summed E-state index contributed by atoms with van der Waals surface area (Å²) >= 11 is 5.76. The number of alkyl halides is 1. The quantitative estimate of drug-likeness (QED) is 0.0414. The van der Waals surface area contributed by atoms with Gasteiger partial charge < -0.3 is 48.9 Å². The van der Waals surface area contributed by atoms with Gasteiger partial charge in [0.2, 0.25) is 17.6 Å². The average Bonchev–Trinajstić information content (AvgIpc) is 3.35. The Hall–Kier alpha value is -5.71. The van der Waals surface area contributed by atoms with Gasteiger partial charge in [0.15, 0.2) is 18.1 Å². The van der Waals surface area contributed by atoms with Crippen LogP contribution in [-0.2, 0) is 55.8 Å². The fourth-order valence-corrected chi connectivity index (χ4v) is 7.97. The maximum absolute atomic E-state index is 14.0. The molecule has 2 aliphatic heterocycles. The number of aryl methyl sites for hydroxylation is 2. The Labute approximate surface area is 398 Å². The maximum Gasteiger partial charge on any atom is 0.329 e. The Morgan fingerprint density at radius 2 is 1.63 bits per heavy atom. The molecule has 0 bridgehead atoms. The molecule has 17 heteroatoms. The second-order valence-electron chi connectivity index (χ2n) is 17.1. The molecule has 1 fully saturated rings. The van der Waals surface area contributed by atoms with Gasteiger partial charge in [-0.2, -0.15) is 0 Å². The van der Waals surface area contributed by atoms with Crippen molar-refractivity contribution < 1.29 is 57.2 Å². The molecule has 364 valence electrons. The van der Waals surface area contributed by atoms with E-state index < -0.39 is 35.2 Å². The third-order valence-corrected chi connectivity index (χ3v) is 12.3. The zero-order valence-corrected chi connectivity index (χ0v) is 40.1. The van der Waals surface area contributed by atoms with E-state index in [4.69, 9.17) is 40.0 Å². The van der Waals surface area contributed by atoms with E-state index in [9.17, 15) is 28.8 Å². The van der Waals surface area contributed by atoms with E-state index in [1.807, 2.05) is 43.3 Å². The minimum absolute atomic E-state index is 0.0745. The summed E-state index contributed by atoms with van der Waals surface area (Å²) in [6.07, 6.45) is 4.06. The van der Waals surface area contributed by atoms with Crippen molar-refractivity contribution in [3.8, 4) is 17.2 Å². The number of piperidine rings is 1. The molecule has 0 spiro atoms. The second-order valence-corrected chi connectivity index (χ2v) is 17.4. The summed E-state index contributed by atoms with van der Waals surface area (Å²) in [4.78, 5) is 81.3. The standard InChI is InChI=1S/C50H65ClN4O12/c1-6-50(2,3)47(59)48(60)55-23-8-7-14-40(55)49(61)67-41(19-15-34-16-20-42(62-4)43(29-34)63-5)36-11-9-13-37(30-36)53-44(56)21-25-64-27-28-65-26-22-52-45(57)33-66-38-17-18-39-35(31-38)12-10-24-54(39)46(58)32-51/h9,11,13,16-18,20,29-31,40-41H,6-8,10,12,14-15,19,21-28,32-33H2,1-5H3,(H,52,57)(H,53,56)/t40-,41+/m0/s1. The van der Waals surface area contributed by atoms with Crippen molar-refractivity contribution >= 4 is 58.4 Å². The molecule has 2 atom stereocenters. The molecule has 0 aromatic heterocycles. The molecule has 2 heterocycles. The van der Waals surface area contributed by atoms with Gasteiger partial charge in [0.05, 0.1) is 47.1 Å². The first-order chi connectivity index (χ1) is 32.3. The van der Waals surface area contributed by atoms with Crippen molar-refractivity contribution in [2.24, 2.45) is 5.41 Å². The van der Waals surface area contributed by atoms with E-state index in [2.05, 4.69) is 10.6 Å². The number of nitrogens with one attached hydrogen (secondary N) is 2. The number of hydrogen-bond donors (Lipinski definition) is 2. The van der Waals surface area contributed by atoms with Gasteiger partial charge in [-0.25, -0.2) is 4.79 Å². The molecule has 4 amide bonds. The van der Waals surface area contributed by atoms with Gasteiger partial charge in [0.25, 0.3) is 11.8 Å². The number of ether oxygens (including phenoxy) is 6. The van der Waals surface area contributed by atoms with E-state index >= 15 is 0 Å². The molecule has 3 aromatic rings. The van der Waals surface area contributed by atoms with Crippen LogP contribution < -0.4 is 29.7 Å². The fraction of sp³-hybridized carbons (Fsp3) is 0.520. The number of nitrogens with zero attached hydrogens (tertiary/aromatic N) is 2. The number of methoxy groups -OCH3 is 2. The van der Waals surface area contributed by atoms with Gasteiger partial charge in [-0.1, -0.05) is 39.0 Å². The van der Waals surface area contributed by atoms with Gasteiger partial charge in [-0.15, -0.1) is 11.6 Å². The molecule has 2 N–H and O–H groups in total. The smallest absolute Gasteiger partial charge is 0.329 e. The average molecular weight is 950 g/mol. The highest BCUT2D eigenvalue weighted by atomic mass is 35.5. The highest BCUT2D eigenvalue weighted by molar-refractivity contribution is 6.38. The summed E-state index contributed by atoms with van der Waals surface area (Å²) in [6, 6.07) is 17.2. The summed E-state index contributed by atoms with van der Waals surface area (Å²) in [6.45, 7) is 7.25. The van der Waals surface area contributed by atoms with Crippen molar-refractivity contribution in [1.82, 2.24) is 10.2 Å². The lowest BCUT2D eigenvalue weighted by Crippen LogP contribution is -2.53. The zero-order valence-electron chi connectivity index (χ0n) is 39.3. The van der Waals surface area contributed by atoms with Crippen LogP contribution in [0.3, 0.4) is 0 Å². The lowest BCUT2D eigenvalue weighted by Gasteiger charge is -2.36. The van der Waals surface area contributed by atoms with Crippen LogP contribution in [0.25, 0.3) is 0 Å². The Morgan fingerprint density at radius 3 is 2.37 bits per heavy atom. The van der Waals surface area contributed by atoms with E-state index in [0.29, 0.717) is 73.6 Å². The minimum Gasteiger partial charge on any atom is -0.493 e. The zero-order chi connectivity index (χ0) is 48.3. The van der Waals surface area contributed by atoms with Crippen LogP contribution in [0.2, 0.25) is 0 Å². The number of esters is 1. The number of benzene rings is 3. The van der Waals surface area contributed by atoms with Crippen LogP contribution in [0.5, 0.6) is 17.2 Å². The number of amides is 4. The number of hydrogen-bond acceptors (Lipinski definition) is 12. The molecule has 0 aliphatic carbocycles. The molecule has 67 heavy (non-hydrogen) atoms. The number of carbonyl (C=O) groups excluding carboxylic acids is 6. The summed E-state index contributed by atoms with van der Waals surface area (Å²) in [5.74, 6) is -0.897. The number of rotatable bonds is 25. The first kappa shape index (κ1) is 52.3. The number of ketones is 1. The summed E-state index contributed by atoms with van der Waals surface area (Å²) < 4.78 is 34.0. The minimum atomic E-state index is -0.905. The monoisotopic (exact) mass is 948 g/mol. The number of anilines is 2. The van der Waals surface area contributed by atoms with E-state index in [1.54, 1.807) is 57.2 Å². The number of halogens is 1. The maximum atomic E-state index is 14.0. The van der Waals surface area contributed by atoms with Crippen LogP contribution in [0.4, 0.5) is 11.4 Å². The fourth-order valence-electron chi connectivity index (χ4n) is 7.83. The molecule has 1 saturated heterocycles. The van der Waals surface area contributed by atoms with Crippen LogP contribution in [0.1, 0.15) is 88.5 Å². The Bertz CT molecular complexity index is 2180. The third kappa shape index (κ3) is 15.1. The SMILES string of the molecule is CCC(C)(C)C(=O)C(=O)N1CCCC[C@H]1C(=O)O[C@H](CCc1ccc(OC)c(OC)c1)c1cccc(NC(=O)CCOCCOCCNC(=O)COc2ccc3c(c2)CCCN3C(=O)CCl)c1. The molecule has 3 aromatic carbocycles. The Balaban J connectivity index is 1.07. The highest BCUT2D eigenvalue weighted by Crippen LogP contribution is 2.34. The lowest BCUT2D eigenvalue weighted by atomic mass is 9.84. The molecule has 5 rings (SSSR count). The number of carbonyl (C=O) groups is 6. The van der Waals surface area contributed by atoms with Gasteiger partial charge >= 0.3 is 5.97 Å². The molecular formula is C50H65ClN4O12. The molecule has 0 unspecified atom stereocenters. The van der Waals surface area contributed by atoms with E-state index in [-0.39, 0.29) is 76.1 Å². The van der Waals surface area contributed by atoms with Crippen molar-refractivity contribution in [2.75, 3.05) is 83.0 Å². The Kier molecular flexibility index (Phi) is 20.3. The predicted molar refractivity (Wildman–Crippen MR) is 253 cm³/mol.